The molecule has 1 aromatic carbocycles. The zero-order chi connectivity index (χ0) is 41.7. The molecule has 2 aliphatic heterocycles. The van der Waals surface area contributed by atoms with Crippen molar-refractivity contribution in [3.8, 4) is 0 Å². The predicted octanol–water partition coefficient (Wildman–Crippen LogP) is -0.312. The quantitative estimate of drug-likeness (QED) is 0.0867. The Morgan fingerprint density at radius 3 is 2.35 bits per heavy atom. The molecule has 2 bridgehead atoms. The summed E-state index contributed by atoms with van der Waals surface area (Å²) in [4.78, 5) is 100. The number of nitrogens with zero attached hydrogens (tertiary/aromatic N) is 2. The number of rotatable bonds is 10. The first-order chi connectivity index (χ1) is 27.0. The van der Waals surface area contributed by atoms with Gasteiger partial charge in [0.15, 0.2) is 5.96 Å². The Balaban J connectivity index is 1.66. The number of primary amides is 1. The first kappa shape index (κ1) is 44.8. The van der Waals surface area contributed by atoms with Crippen molar-refractivity contribution in [2.45, 2.75) is 121 Å². The Bertz CT molecular complexity index is 1660. The molecule has 4 rings (SSSR count). The summed E-state index contributed by atoms with van der Waals surface area (Å²) in [5.41, 5.74) is 17.5. The molecule has 11 N–H and O–H groups in total. The van der Waals surface area contributed by atoms with Crippen LogP contribution in [0.15, 0.2) is 29.3 Å². The van der Waals surface area contributed by atoms with Crippen molar-refractivity contribution in [1.29, 1.82) is 0 Å². The van der Waals surface area contributed by atoms with E-state index in [1.54, 1.807) is 20.8 Å². The highest BCUT2D eigenvalue weighted by molar-refractivity contribution is 7.98. The second-order valence-corrected chi connectivity index (χ2v) is 17.2. The number of aliphatic imine (C=N–C) groups is 1. The molecule has 314 valence electrons. The number of thioether (sulfide) groups is 1. The fourth-order valence-electron chi connectivity index (χ4n) is 7.55. The van der Waals surface area contributed by atoms with E-state index in [9.17, 15) is 33.6 Å². The lowest BCUT2D eigenvalue weighted by Gasteiger charge is -2.33. The maximum Gasteiger partial charge on any atom is 0.244 e. The van der Waals surface area contributed by atoms with Crippen molar-refractivity contribution in [1.82, 2.24) is 31.5 Å². The minimum absolute atomic E-state index is 0.0400. The topological polar surface area (TPSA) is 273 Å². The summed E-state index contributed by atoms with van der Waals surface area (Å²) in [5, 5.41) is 14.0. The second-order valence-electron chi connectivity index (χ2n) is 16.2. The van der Waals surface area contributed by atoms with Gasteiger partial charge in [0.1, 0.15) is 30.2 Å². The molecule has 2 fully saturated rings. The van der Waals surface area contributed by atoms with E-state index in [0.717, 1.165) is 30.4 Å². The van der Waals surface area contributed by atoms with Crippen molar-refractivity contribution in [3.63, 3.8) is 0 Å². The molecule has 0 aromatic heterocycles. The van der Waals surface area contributed by atoms with E-state index in [1.807, 2.05) is 24.3 Å². The third-order valence-corrected chi connectivity index (χ3v) is 11.7. The van der Waals surface area contributed by atoms with Gasteiger partial charge < -0.3 is 48.7 Å². The Morgan fingerprint density at radius 1 is 0.947 bits per heavy atom. The number of carbonyl (C=O) groups excluding carboxylic acids is 7. The maximum atomic E-state index is 14.4. The zero-order valence-corrected chi connectivity index (χ0v) is 34.1. The molecule has 1 aromatic rings. The standard InChI is InChI=1S/C39H60N10O7S/c1-39(2,3)32(33(40)52)48-34(53)26(14-8-16-43-38(41)42)45-35(54)27-22-57-21-24-11-7-10-23(18-24)19-29(50)44-20-30(51)49-17-9-15-28(49)36(55)47-31(37(56)46-27)25-12-5-4-6-13-25/h7,10-11,18,25-28,31-32H,4-6,8-9,12-17,19-22H2,1-3H3,(H2,40,52)(H,44,50)(H,45,54)(H,46,56)(H,47,55)(H,48,53)(H4,41,42,43). The Kier molecular flexibility index (Phi) is 16.6. The van der Waals surface area contributed by atoms with Crippen LogP contribution in [-0.4, -0.2) is 108 Å². The van der Waals surface area contributed by atoms with E-state index < -0.39 is 65.2 Å². The molecule has 5 atom stereocenters. The average molecular weight is 813 g/mol. The summed E-state index contributed by atoms with van der Waals surface area (Å²) in [7, 11) is 0. The fraction of sp³-hybridized carbons (Fsp3) is 0.641. The summed E-state index contributed by atoms with van der Waals surface area (Å²) in [6.45, 7) is 5.50. The van der Waals surface area contributed by atoms with E-state index in [1.165, 1.54) is 16.7 Å². The number of hydrogen-bond acceptors (Lipinski definition) is 9. The van der Waals surface area contributed by atoms with E-state index >= 15 is 0 Å². The highest BCUT2D eigenvalue weighted by Crippen LogP contribution is 2.28. The van der Waals surface area contributed by atoms with Crippen LogP contribution in [0.3, 0.4) is 0 Å². The van der Waals surface area contributed by atoms with Gasteiger partial charge in [-0.3, -0.25) is 38.6 Å². The molecule has 18 heteroatoms. The van der Waals surface area contributed by atoms with Gasteiger partial charge in [0.2, 0.25) is 41.4 Å². The van der Waals surface area contributed by atoms with Crippen LogP contribution >= 0.6 is 11.8 Å². The smallest absolute Gasteiger partial charge is 0.244 e. The van der Waals surface area contributed by atoms with Crippen molar-refractivity contribution in [2.24, 2.45) is 33.5 Å². The summed E-state index contributed by atoms with van der Waals surface area (Å²) in [6.07, 6.45) is 5.52. The molecular formula is C39H60N10O7S. The average Bonchev–Trinajstić information content (AvgIpc) is 3.65. The number of amides is 7. The molecule has 1 saturated carbocycles. The van der Waals surface area contributed by atoms with Crippen molar-refractivity contribution >= 4 is 59.1 Å². The number of nitrogens with one attached hydrogen (secondary N) is 5. The fourth-order valence-corrected chi connectivity index (χ4v) is 8.55. The van der Waals surface area contributed by atoms with Gasteiger partial charge in [-0.05, 0) is 61.0 Å². The SMILES string of the molecule is CC(C)(C)C(NC(=O)C(CCCN=C(N)N)NC(=O)C1CSCc2cccc(c2)CC(=O)NCC(=O)N2CCCC2C(=O)NC(C2CCCCC2)C(=O)N1)C(N)=O. The monoisotopic (exact) mass is 812 g/mol. The first-order valence-corrected chi connectivity index (χ1v) is 21.0. The molecule has 0 radical (unpaired) electrons. The molecule has 7 amide bonds. The third-order valence-electron chi connectivity index (χ3n) is 10.6. The van der Waals surface area contributed by atoms with Crippen LogP contribution in [0.2, 0.25) is 0 Å². The Hall–Kier alpha value is -4.87. The van der Waals surface area contributed by atoms with Crippen LogP contribution in [-0.2, 0) is 45.7 Å². The van der Waals surface area contributed by atoms with Crippen molar-refractivity contribution < 1.29 is 33.6 Å². The van der Waals surface area contributed by atoms with Gasteiger partial charge in [0, 0.05) is 24.6 Å². The Morgan fingerprint density at radius 2 is 1.67 bits per heavy atom. The van der Waals surface area contributed by atoms with Crippen LogP contribution in [0.25, 0.3) is 0 Å². The molecule has 2 heterocycles. The number of carbonyl (C=O) groups is 7. The van der Waals surface area contributed by atoms with Crippen LogP contribution in [0.4, 0.5) is 0 Å². The first-order valence-electron chi connectivity index (χ1n) is 19.8. The van der Waals surface area contributed by atoms with Crippen LogP contribution in [0, 0.1) is 11.3 Å². The van der Waals surface area contributed by atoms with E-state index in [0.29, 0.717) is 44.4 Å². The maximum absolute atomic E-state index is 14.4. The van der Waals surface area contributed by atoms with E-state index in [2.05, 4.69) is 31.6 Å². The molecule has 3 aliphatic rings. The molecule has 5 unspecified atom stereocenters. The van der Waals surface area contributed by atoms with Crippen LogP contribution < -0.4 is 43.8 Å². The number of nitrogens with two attached hydrogens (primary N) is 3. The number of fused-ring (bicyclic) bond motifs is 3. The van der Waals surface area contributed by atoms with E-state index in [4.69, 9.17) is 17.2 Å². The normalized spacial score (nSPS) is 22.9. The van der Waals surface area contributed by atoms with E-state index in [-0.39, 0.29) is 55.4 Å². The van der Waals surface area contributed by atoms with Crippen molar-refractivity contribution in [3.05, 3.63) is 35.4 Å². The van der Waals surface area contributed by atoms with Gasteiger partial charge in [-0.2, -0.15) is 11.8 Å². The highest BCUT2D eigenvalue weighted by Gasteiger charge is 2.40. The predicted molar refractivity (Wildman–Crippen MR) is 217 cm³/mol. The lowest BCUT2D eigenvalue weighted by molar-refractivity contribution is -0.140. The van der Waals surface area contributed by atoms with Gasteiger partial charge in [0.05, 0.1) is 13.0 Å². The van der Waals surface area contributed by atoms with Crippen LogP contribution in [0.1, 0.15) is 89.7 Å². The molecular weight excluding hydrogens is 753 g/mol. The summed E-state index contributed by atoms with van der Waals surface area (Å²) >= 11 is 1.37. The third kappa shape index (κ3) is 13.6. The van der Waals surface area contributed by atoms with Crippen molar-refractivity contribution in [2.75, 3.05) is 25.4 Å². The largest absolute Gasteiger partial charge is 0.370 e. The number of hydrogen-bond donors (Lipinski definition) is 8. The number of benzene rings is 1. The molecule has 17 nitrogen and oxygen atoms in total. The molecule has 1 aliphatic carbocycles. The van der Waals surface area contributed by atoms with Gasteiger partial charge in [-0.15, -0.1) is 0 Å². The van der Waals surface area contributed by atoms with Gasteiger partial charge in [0.25, 0.3) is 0 Å². The molecule has 0 spiro atoms. The Labute approximate surface area is 338 Å². The minimum atomic E-state index is -1.16. The highest BCUT2D eigenvalue weighted by atomic mass is 32.2. The van der Waals surface area contributed by atoms with Gasteiger partial charge >= 0.3 is 0 Å². The lowest BCUT2D eigenvalue weighted by Crippen LogP contribution is -2.61. The second kappa shape index (κ2) is 21.0. The minimum Gasteiger partial charge on any atom is -0.370 e. The number of guanidine groups is 1. The molecule has 1 saturated heterocycles. The van der Waals surface area contributed by atoms with Gasteiger partial charge in [-0.1, -0.05) is 64.3 Å². The summed E-state index contributed by atoms with van der Waals surface area (Å²) in [5.74, 6) is -3.61. The lowest BCUT2D eigenvalue weighted by atomic mass is 9.83. The summed E-state index contributed by atoms with van der Waals surface area (Å²) in [6, 6.07) is 2.21. The summed E-state index contributed by atoms with van der Waals surface area (Å²) < 4.78 is 0. The van der Waals surface area contributed by atoms with Crippen LogP contribution in [0.5, 0.6) is 0 Å². The zero-order valence-electron chi connectivity index (χ0n) is 33.3. The molecule has 57 heavy (non-hydrogen) atoms. The van der Waals surface area contributed by atoms with Gasteiger partial charge in [-0.25, -0.2) is 0 Å².